The summed E-state index contributed by atoms with van der Waals surface area (Å²) in [5.74, 6) is 0.848. The molecule has 0 bridgehead atoms. The summed E-state index contributed by atoms with van der Waals surface area (Å²) in [6.45, 7) is 3.13. The molecule has 1 fully saturated rings. The van der Waals surface area contributed by atoms with Gasteiger partial charge in [-0.2, -0.15) is 5.10 Å². The summed E-state index contributed by atoms with van der Waals surface area (Å²) in [4.78, 5) is 13.9. The maximum Gasteiger partial charge on any atom is 0.225 e. The highest BCUT2D eigenvalue weighted by atomic mass is 15.3. The Bertz CT molecular complexity index is 633. The summed E-state index contributed by atoms with van der Waals surface area (Å²) in [6, 6.07) is 0.881. The lowest BCUT2D eigenvalue weighted by molar-refractivity contribution is 0.273. The number of nitrogens with zero attached hydrogens (tertiary/aromatic N) is 6. The molecule has 6 nitrogen and oxygen atoms in total. The van der Waals surface area contributed by atoms with Gasteiger partial charge in [-0.15, -0.1) is 0 Å². The molecule has 23 heavy (non-hydrogen) atoms. The first-order valence-corrected chi connectivity index (χ1v) is 8.30. The fourth-order valence-corrected chi connectivity index (χ4v) is 3.43. The van der Waals surface area contributed by atoms with E-state index in [0.29, 0.717) is 12.1 Å². The Morgan fingerprint density at radius 3 is 2.48 bits per heavy atom. The van der Waals surface area contributed by atoms with Crippen molar-refractivity contribution in [1.29, 1.82) is 0 Å². The lowest BCUT2D eigenvalue weighted by Gasteiger charge is -2.31. The van der Waals surface area contributed by atoms with Crippen molar-refractivity contribution in [3.63, 3.8) is 0 Å². The minimum atomic E-state index is 0.377. The van der Waals surface area contributed by atoms with Gasteiger partial charge in [-0.3, -0.25) is 4.68 Å². The quantitative estimate of drug-likeness (QED) is 0.837. The third-order valence-corrected chi connectivity index (χ3v) is 4.73. The van der Waals surface area contributed by atoms with E-state index in [1.807, 2.05) is 30.3 Å². The average Bonchev–Trinajstić information content (AvgIpc) is 3.14. The van der Waals surface area contributed by atoms with E-state index in [2.05, 4.69) is 52.1 Å². The van der Waals surface area contributed by atoms with E-state index in [1.54, 1.807) is 0 Å². The van der Waals surface area contributed by atoms with Crippen LogP contribution < -0.4 is 4.90 Å². The van der Waals surface area contributed by atoms with Crippen LogP contribution in [-0.4, -0.2) is 57.4 Å². The van der Waals surface area contributed by atoms with E-state index in [9.17, 15) is 0 Å². The van der Waals surface area contributed by atoms with Crippen LogP contribution in [0.15, 0.2) is 24.8 Å². The molecule has 3 heterocycles. The molecule has 0 aliphatic carbocycles. The molecule has 0 amide bonds. The third-order valence-electron chi connectivity index (χ3n) is 4.73. The van der Waals surface area contributed by atoms with Crippen LogP contribution in [-0.2, 0) is 19.9 Å². The summed E-state index contributed by atoms with van der Waals surface area (Å²) in [5, 5.41) is 4.30. The molecule has 0 unspecified atom stereocenters. The van der Waals surface area contributed by atoms with E-state index in [1.165, 1.54) is 11.1 Å². The molecular formula is C17H26N6. The molecule has 0 N–H and O–H groups in total. The predicted octanol–water partition coefficient (Wildman–Crippen LogP) is 1.52. The van der Waals surface area contributed by atoms with E-state index < -0.39 is 0 Å². The van der Waals surface area contributed by atoms with Crippen molar-refractivity contribution in [3.8, 4) is 0 Å². The maximum absolute atomic E-state index is 4.60. The molecule has 2 atom stereocenters. The first kappa shape index (κ1) is 15.9. The average molecular weight is 314 g/mol. The molecule has 1 saturated heterocycles. The molecule has 2 aromatic rings. The van der Waals surface area contributed by atoms with Crippen molar-refractivity contribution in [2.45, 2.75) is 38.3 Å². The highest BCUT2D eigenvalue weighted by molar-refractivity contribution is 5.36. The zero-order valence-corrected chi connectivity index (χ0v) is 14.5. The van der Waals surface area contributed by atoms with Crippen LogP contribution in [0.5, 0.6) is 0 Å². The maximum atomic E-state index is 4.60. The molecular weight excluding hydrogens is 288 g/mol. The van der Waals surface area contributed by atoms with Gasteiger partial charge in [0.15, 0.2) is 0 Å². The minimum absolute atomic E-state index is 0.377. The SMILES string of the molecule is CCc1cnc(N2CC[C@@H](N(C)C)[C@@H]2Cc2cnn(C)c2)nc1. The highest BCUT2D eigenvalue weighted by Gasteiger charge is 2.37. The van der Waals surface area contributed by atoms with Crippen LogP contribution in [0.2, 0.25) is 0 Å². The topological polar surface area (TPSA) is 50.1 Å². The van der Waals surface area contributed by atoms with Crippen molar-refractivity contribution >= 4 is 5.95 Å². The second kappa shape index (κ2) is 6.66. The number of likely N-dealkylation sites (N-methyl/N-ethyl adjacent to an activating group) is 1. The van der Waals surface area contributed by atoms with Gasteiger partial charge in [0.25, 0.3) is 0 Å². The molecule has 2 aromatic heterocycles. The lowest BCUT2D eigenvalue weighted by Crippen LogP contribution is -2.44. The highest BCUT2D eigenvalue weighted by Crippen LogP contribution is 2.27. The Hall–Kier alpha value is -1.95. The predicted molar refractivity (Wildman–Crippen MR) is 91.5 cm³/mol. The van der Waals surface area contributed by atoms with E-state index in [-0.39, 0.29) is 0 Å². The van der Waals surface area contributed by atoms with Crippen LogP contribution in [0.4, 0.5) is 5.95 Å². The van der Waals surface area contributed by atoms with Crippen LogP contribution >= 0.6 is 0 Å². The molecule has 0 aromatic carbocycles. The zero-order valence-electron chi connectivity index (χ0n) is 14.5. The number of hydrogen-bond donors (Lipinski definition) is 0. The van der Waals surface area contributed by atoms with Gasteiger partial charge in [-0.1, -0.05) is 6.92 Å². The normalized spacial score (nSPS) is 21.3. The van der Waals surface area contributed by atoms with Crippen molar-refractivity contribution in [3.05, 3.63) is 35.9 Å². The number of hydrogen-bond acceptors (Lipinski definition) is 5. The molecule has 6 heteroatoms. The summed E-state index contributed by atoms with van der Waals surface area (Å²) in [6.07, 6.45) is 11.0. The summed E-state index contributed by atoms with van der Waals surface area (Å²) >= 11 is 0. The van der Waals surface area contributed by atoms with Crippen molar-refractivity contribution < 1.29 is 0 Å². The summed E-state index contributed by atoms with van der Waals surface area (Å²) < 4.78 is 1.87. The molecule has 0 radical (unpaired) electrons. The molecule has 1 aliphatic heterocycles. The molecule has 1 aliphatic rings. The second-order valence-corrected chi connectivity index (χ2v) is 6.55. The Labute approximate surface area is 138 Å². The van der Waals surface area contributed by atoms with Gasteiger partial charge in [0.1, 0.15) is 0 Å². The summed E-state index contributed by atoms with van der Waals surface area (Å²) in [7, 11) is 6.28. The van der Waals surface area contributed by atoms with Gasteiger partial charge in [0.05, 0.1) is 12.2 Å². The van der Waals surface area contributed by atoms with Crippen LogP contribution in [0.25, 0.3) is 0 Å². The first-order chi connectivity index (χ1) is 11.1. The van der Waals surface area contributed by atoms with E-state index in [4.69, 9.17) is 0 Å². The fourth-order valence-electron chi connectivity index (χ4n) is 3.43. The fraction of sp³-hybridized carbons (Fsp3) is 0.588. The third kappa shape index (κ3) is 3.37. The van der Waals surface area contributed by atoms with Gasteiger partial charge in [-0.05, 0) is 44.5 Å². The molecule has 0 spiro atoms. The Balaban J connectivity index is 1.84. The van der Waals surface area contributed by atoms with Crippen molar-refractivity contribution in [2.24, 2.45) is 7.05 Å². The number of aryl methyl sites for hydroxylation is 2. The molecule has 3 rings (SSSR count). The van der Waals surface area contributed by atoms with Crippen LogP contribution in [0.1, 0.15) is 24.5 Å². The largest absolute Gasteiger partial charge is 0.336 e. The zero-order chi connectivity index (χ0) is 16.4. The van der Waals surface area contributed by atoms with E-state index >= 15 is 0 Å². The van der Waals surface area contributed by atoms with Crippen molar-refractivity contribution in [1.82, 2.24) is 24.6 Å². The van der Waals surface area contributed by atoms with Crippen LogP contribution in [0, 0.1) is 0 Å². The standard InChI is InChI=1S/C17H26N6/c1-5-13-9-18-17(19-10-13)23-7-6-15(21(2)3)16(23)8-14-11-20-22(4)12-14/h9-12,15-16H,5-8H2,1-4H3/t15-,16+/m1/s1. The number of anilines is 1. The number of aromatic nitrogens is 4. The first-order valence-electron chi connectivity index (χ1n) is 8.30. The Morgan fingerprint density at radius 1 is 1.17 bits per heavy atom. The van der Waals surface area contributed by atoms with Gasteiger partial charge >= 0.3 is 0 Å². The van der Waals surface area contributed by atoms with Gasteiger partial charge < -0.3 is 9.80 Å². The minimum Gasteiger partial charge on any atom is -0.336 e. The smallest absolute Gasteiger partial charge is 0.225 e. The van der Waals surface area contributed by atoms with Gasteiger partial charge in [0.2, 0.25) is 5.95 Å². The second-order valence-electron chi connectivity index (χ2n) is 6.55. The molecule has 124 valence electrons. The van der Waals surface area contributed by atoms with E-state index in [0.717, 1.165) is 31.8 Å². The lowest BCUT2D eigenvalue weighted by atomic mass is 10.0. The summed E-state index contributed by atoms with van der Waals surface area (Å²) in [5.41, 5.74) is 2.45. The Kier molecular flexibility index (Phi) is 4.61. The monoisotopic (exact) mass is 314 g/mol. The molecule has 0 saturated carbocycles. The van der Waals surface area contributed by atoms with Crippen molar-refractivity contribution in [2.75, 3.05) is 25.5 Å². The number of rotatable bonds is 5. The Morgan fingerprint density at radius 2 is 1.91 bits per heavy atom. The van der Waals surface area contributed by atoms with Crippen LogP contribution in [0.3, 0.4) is 0 Å². The van der Waals surface area contributed by atoms with Gasteiger partial charge in [0, 0.05) is 38.2 Å². The van der Waals surface area contributed by atoms with Gasteiger partial charge in [-0.25, -0.2) is 9.97 Å².